The van der Waals surface area contributed by atoms with E-state index in [2.05, 4.69) is 21.0 Å². The Morgan fingerprint density at radius 1 is 1.25 bits per heavy atom. The Hall–Kier alpha value is -2.07. The average Bonchev–Trinajstić information content (AvgIpc) is 3.36. The molecule has 0 spiro atoms. The molecule has 1 aromatic rings. The monoisotopic (exact) mass is 391 g/mol. The number of fused-ring (bicyclic) bond motifs is 3. The van der Waals surface area contributed by atoms with Crippen LogP contribution in [0.15, 0.2) is 23.9 Å². The van der Waals surface area contributed by atoms with Crippen molar-refractivity contribution < 1.29 is 18.3 Å². The molecule has 0 aromatic heterocycles. The molecule has 3 saturated heterocycles. The molecule has 5 rings (SSSR count). The number of nitrogens with one attached hydrogen (secondary N) is 3. The zero-order valence-electron chi connectivity index (χ0n) is 15.7. The molecule has 28 heavy (non-hydrogen) atoms. The van der Waals surface area contributed by atoms with Gasteiger partial charge in [-0.15, -0.1) is 0 Å². The summed E-state index contributed by atoms with van der Waals surface area (Å²) in [5.74, 6) is -0.132. The van der Waals surface area contributed by atoms with Gasteiger partial charge >= 0.3 is 0 Å². The maximum Gasteiger partial charge on any atom is 0.263 e. The van der Waals surface area contributed by atoms with Gasteiger partial charge in [0.05, 0.1) is 24.0 Å². The quantitative estimate of drug-likeness (QED) is 0.721. The maximum absolute atomic E-state index is 13.1. The first-order valence-corrected chi connectivity index (χ1v) is 9.51. The highest BCUT2D eigenvalue weighted by Gasteiger charge is 2.46. The van der Waals surface area contributed by atoms with Crippen molar-refractivity contribution in [1.82, 2.24) is 21.0 Å². The lowest BCUT2D eigenvalue weighted by Gasteiger charge is -2.40. The number of aryl methyl sites for hydroxylation is 2. The second-order valence-corrected chi connectivity index (χ2v) is 7.90. The molecule has 0 aliphatic carbocycles. The molecular weight excluding hydrogens is 368 g/mol. The Labute approximate surface area is 161 Å². The number of nitrogens with zero attached hydrogens (tertiary/aromatic N) is 2. The lowest BCUT2D eigenvalue weighted by atomic mass is 10.0. The van der Waals surface area contributed by atoms with Crippen molar-refractivity contribution in [3.8, 4) is 0 Å². The van der Waals surface area contributed by atoms with Crippen molar-refractivity contribution in [2.75, 3.05) is 18.2 Å². The molecule has 4 atom stereocenters. The second kappa shape index (κ2) is 6.48. The standard InChI is InChI=1S/C19H23F2N5O2/c1-9-3-11(16(20)21)4-10(2)15(9)26-7-14-17(24-26)22-19(23-18(14)27)25-6-13-5-12(25)8-28-13/h3-4,7,12-13,16-17,19,22,24H,5-6,8H2,1-2H3,(H,23,27)/t12-,13-,17?,19?/m1/s1. The van der Waals surface area contributed by atoms with Crippen LogP contribution >= 0.6 is 0 Å². The van der Waals surface area contributed by atoms with Crippen LogP contribution in [-0.4, -0.2) is 48.6 Å². The molecule has 3 N–H and O–H groups in total. The van der Waals surface area contributed by atoms with Crippen LogP contribution < -0.4 is 21.1 Å². The Bertz CT molecular complexity index is 838. The molecule has 2 unspecified atom stereocenters. The van der Waals surface area contributed by atoms with E-state index in [4.69, 9.17) is 4.74 Å². The number of halogens is 2. The summed E-state index contributed by atoms with van der Waals surface area (Å²) in [7, 11) is 0. The van der Waals surface area contributed by atoms with Crippen molar-refractivity contribution in [3.05, 3.63) is 40.6 Å². The number of rotatable bonds is 3. The van der Waals surface area contributed by atoms with E-state index in [-0.39, 0.29) is 30.0 Å². The summed E-state index contributed by atoms with van der Waals surface area (Å²) in [6, 6.07) is 3.30. The SMILES string of the molecule is Cc1cc(C(F)F)cc(C)c1N1C=C2C(=O)NC(N3C[C@H]4C[C@@H]3CO4)NC2N1. The molecule has 3 fully saturated rings. The maximum atomic E-state index is 13.1. The van der Waals surface area contributed by atoms with Crippen LogP contribution in [0.5, 0.6) is 0 Å². The van der Waals surface area contributed by atoms with Gasteiger partial charge in [0.1, 0.15) is 12.5 Å². The molecule has 4 aliphatic rings. The van der Waals surface area contributed by atoms with E-state index in [0.717, 1.165) is 29.8 Å². The first-order chi connectivity index (χ1) is 13.4. The Balaban J connectivity index is 1.37. The van der Waals surface area contributed by atoms with Crippen LogP contribution in [0.1, 0.15) is 29.5 Å². The van der Waals surface area contributed by atoms with Crippen LogP contribution in [0.3, 0.4) is 0 Å². The van der Waals surface area contributed by atoms with E-state index < -0.39 is 6.43 Å². The number of likely N-dealkylation sites (tertiary alicyclic amines) is 1. The average molecular weight is 391 g/mol. The molecule has 7 nitrogen and oxygen atoms in total. The molecule has 0 saturated carbocycles. The van der Waals surface area contributed by atoms with Crippen LogP contribution in [0.25, 0.3) is 0 Å². The third-order valence-electron chi connectivity index (χ3n) is 5.98. The largest absolute Gasteiger partial charge is 0.375 e. The Kier molecular flexibility index (Phi) is 4.16. The fourth-order valence-electron chi connectivity index (χ4n) is 4.73. The molecule has 1 aromatic carbocycles. The van der Waals surface area contributed by atoms with Gasteiger partial charge in [0.2, 0.25) is 0 Å². The molecule has 4 heterocycles. The van der Waals surface area contributed by atoms with Crippen LogP contribution in [0.2, 0.25) is 0 Å². The van der Waals surface area contributed by atoms with Gasteiger partial charge in [0, 0.05) is 24.4 Å². The van der Waals surface area contributed by atoms with E-state index in [1.165, 1.54) is 12.1 Å². The molecule has 150 valence electrons. The number of hydrogen-bond acceptors (Lipinski definition) is 6. The van der Waals surface area contributed by atoms with Crippen LogP contribution in [-0.2, 0) is 9.53 Å². The van der Waals surface area contributed by atoms with E-state index in [9.17, 15) is 13.6 Å². The van der Waals surface area contributed by atoms with Crippen LogP contribution in [0.4, 0.5) is 14.5 Å². The van der Waals surface area contributed by atoms with Gasteiger partial charge in [-0.25, -0.2) is 14.2 Å². The first-order valence-electron chi connectivity index (χ1n) is 9.51. The van der Waals surface area contributed by atoms with E-state index in [1.54, 1.807) is 25.1 Å². The number of carbonyl (C=O) groups excluding carboxylic acids is 1. The lowest BCUT2D eigenvalue weighted by Crippen LogP contribution is -2.68. The molecule has 9 heteroatoms. The van der Waals surface area contributed by atoms with E-state index in [1.807, 2.05) is 0 Å². The number of amides is 1. The molecule has 0 radical (unpaired) electrons. The van der Waals surface area contributed by atoms with Crippen LogP contribution in [0, 0.1) is 13.8 Å². The molecule has 4 aliphatic heterocycles. The Morgan fingerprint density at radius 3 is 2.61 bits per heavy atom. The van der Waals surface area contributed by atoms with Gasteiger partial charge in [-0.05, 0) is 43.5 Å². The summed E-state index contributed by atoms with van der Waals surface area (Å²) in [6.07, 6.45) is -0.133. The van der Waals surface area contributed by atoms with Gasteiger partial charge in [-0.2, -0.15) is 0 Å². The van der Waals surface area contributed by atoms with Crippen molar-refractivity contribution in [1.29, 1.82) is 0 Å². The number of morpholine rings is 1. The third kappa shape index (κ3) is 2.81. The smallest absolute Gasteiger partial charge is 0.263 e. The fourth-order valence-corrected chi connectivity index (χ4v) is 4.73. The van der Waals surface area contributed by atoms with Crippen molar-refractivity contribution in [2.45, 2.75) is 51.3 Å². The van der Waals surface area contributed by atoms with E-state index in [0.29, 0.717) is 18.2 Å². The normalized spacial score (nSPS) is 32.1. The summed E-state index contributed by atoms with van der Waals surface area (Å²) in [5.41, 5.74) is 6.11. The van der Waals surface area contributed by atoms with Crippen molar-refractivity contribution in [2.24, 2.45) is 0 Å². The van der Waals surface area contributed by atoms with Crippen molar-refractivity contribution >= 4 is 11.6 Å². The van der Waals surface area contributed by atoms with E-state index >= 15 is 0 Å². The summed E-state index contributed by atoms with van der Waals surface area (Å²) in [4.78, 5) is 14.9. The predicted molar refractivity (Wildman–Crippen MR) is 98.3 cm³/mol. The molecule has 2 bridgehead atoms. The zero-order valence-corrected chi connectivity index (χ0v) is 15.7. The predicted octanol–water partition coefficient (Wildman–Crippen LogP) is 1.25. The molecular formula is C19H23F2N5O2. The highest BCUT2D eigenvalue weighted by molar-refractivity contribution is 5.97. The number of hydrogen-bond donors (Lipinski definition) is 3. The first kappa shape index (κ1) is 18.0. The van der Waals surface area contributed by atoms with Gasteiger partial charge in [0.15, 0.2) is 0 Å². The van der Waals surface area contributed by atoms with Gasteiger partial charge < -0.3 is 10.1 Å². The number of ether oxygens (including phenoxy) is 1. The summed E-state index contributed by atoms with van der Waals surface area (Å²) in [6.45, 7) is 5.09. The highest BCUT2D eigenvalue weighted by Crippen LogP contribution is 2.33. The van der Waals surface area contributed by atoms with Gasteiger partial charge in [-0.1, -0.05) is 0 Å². The number of anilines is 1. The zero-order chi connectivity index (χ0) is 19.6. The second-order valence-electron chi connectivity index (χ2n) is 7.90. The number of alkyl halides is 2. The fraction of sp³-hybridized carbons (Fsp3) is 0.526. The minimum atomic E-state index is -2.51. The minimum Gasteiger partial charge on any atom is -0.375 e. The number of benzene rings is 1. The third-order valence-corrected chi connectivity index (χ3v) is 5.98. The number of carbonyl (C=O) groups is 1. The molecule has 1 amide bonds. The number of hydrazine groups is 1. The van der Waals surface area contributed by atoms with Gasteiger partial charge in [0.25, 0.3) is 12.3 Å². The summed E-state index contributed by atoms with van der Waals surface area (Å²) < 4.78 is 31.8. The summed E-state index contributed by atoms with van der Waals surface area (Å²) >= 11 is 0. The summed E-state index contributed by atoms with van der Waals surface area (Å²) in [5, 5.41) is 8.22. The highest BCUT2D eigenvalue weighted by atomic mass is 19.3. The van der Waals surface area contributed by atoms with Crippen molar-refractivity contribution in [3.63, 3.8) is 0 Å². The van der Waals surface area contributed by atoms with Gasteiger partial charge in [-0.3, -0.25) is 20.0 Å². The topological polar surface area (TPSA) is 68.9 Å². The Morgan fingerprint density at radius 2 is 2.00 bits per heavy atom. The lowest BCUT2D eigenvalue weighted by molar-refractivity contribution is -0.123. The minimum absolute atomic E-state index is 0.00486.